The lowest BCUT2D eigenvalue weighted by atomic mass is 9.88. The lowest BCUT2D eigenvalue weighted by Gasteiger charge is -2.20. The first-order chi connectivity index (χ1) is 17.0. The minimum atomic E-state index is -1.23. The number of aliphatic hydroxyl groups is 1. The number of fused-ring (bicyclic) bond motifs is 2. The molecule has 0 bridgehead atoms. The second-order valence-corrected chi connectivity index (χ2v) is 9.32. The van der Waals surface area contributed by atoms with Crippen LogP contribution in [0.3, 0.4) is 0 Å². The van der Waals surface area contributed by atoms with Crippen molar-refractivity contribution in [2.75, 3.05) is 6.54 Å². The van der Waals surface area contributed by atoms with Gasteiger partial charge in [-0.25, -0.2) is 4.79 Å². The van der Waals surface area contributed by atoms with E-state index in [4.69, 9.17) is 16.0 Å². The van der Waals surface area contributed by atoms with Crippen molar-refractivity contribution in [1.82, 2.24) is 5.32 Å². The van der Waals surface area contributed by atoms with Gasteiger partial charge in [0.05, 0.1) is 12.2 Å². The van der Waals surface area contributed by atoms with Crippen LogP contribution in [0.2, 0.25) is 5.02 Å². The number of benzene rings is 3. The van der Waals surface area contributed by atoms with Gasteiger partial charge in [0.15, 0.2) is 11.0 Å². The molecule has 186 valence electrons. The molecule has 1 amide bonds. The molecule has 36 heavy (non-hydrogen) atoms. The molecule has 0 unspecified atom stereocenters. The van der Waals surface area contributed by atoms with E-state index in [1.807, 2.05) is 13.8 Å². The molecule has 4 rings (SSSR count). The smallest absolute Gasteiger partial charge is 0.336 e. The molecular weight excluding hydrogens is 486 g/mol. The van der Waals surface area contributed by atoms with Crippen molar-refractivity contribution in [2.24, 2.45) is 5.92 Å². The molecule has 2 aromatic carbocycles. The summed E-state index contributed by atoms with van der Waals surface area (Å²) in [6.45, 7) is 5.37. The van der Waals surface area contributed by atoms with Crippen LogP contribution < -0.4 is 10.7 Å². The largest absolute Gasteiger partial charge is 0.506 e. The van der Waals surface area contributed by atoms with Gasteiger partial charge in [-0.3, -0.25) is 9.59 Å². The number of carbonyl (C=O) groups is 2. The number of aliphatic hydroxyl groups excluding tert-OH is 1. The molecule has 0 saturated heterocycles. The van der Waals surface area contributed by atoms with Crippen LogP contribution in [-0.4, -0.2) is 33.7 Å². The topological polar surface area (TPSA) is 137 Å². The molecule has 0 spiro atoms. The molecule has 2 aliphatic rings. The number of phenols is 1. The number of hydrogen-bond donors (Lipinski definition) is 4. The zero-order valence-corrected chi connectivity index (χ0v) is 20.6. The van der Waals surface area contributed by atoms with Crippen molar-refractivity contribution in [2.45, 2.75) is 27.4 Å². The number of carboxylic acid groups (broad SMARTS) is 1. The summed E-state index contributed by atoms with van der Waals surface area (Å²) in [6.07, 6.45) is 0. The van der Waals surface area contributed by atoms with E-state index in [9.17, 15) is 29.7 Å². The van der Waals surface area contributed by atoms with Crippen molar-refractivity contribution in [3.63, 3.8) is 0 Å². The molecule has 0 radical (unpaired) electrons. The molecule has 0 atom stereocenters. The van der Waals surface area contributed by atoms with Crippen LogP contribution in [0.5, 0.6) is 5.75 Å². The fourth-order valence-electron chi connectivity index (χ4n) is 4.10. The Bertz CT molecular complexity index is 1550. The second kappa shape index (κ2) is 9.64. The molecule has 1 heterocycles. The van der Waals surface area contributed by atoms with E-state index in [0.717, 1.165) is 0 Å². The predicted octanol–water partition coefficient (Wildman–Crippen LogP) is 4.81. The average Bonchev–Trinajstić information content (AvgIpc) is 2.85. The summed E-state index contributed by atoms with van der Waals surface area (Å²) < 4.78 is 5.97. The molecule has 0 saturated carbocycles. The molecule has 1 aliphatic heterocycles. The van der Waals surface area contributed by atoms with Gasteiger partial charge in [0.25, 0.3) is 5.91 Å². The van der Waals surface area contributed by atoms with Crippen molar-refractivity contribution in [3.8, 4) is 28.2 Å². The van der Waals surface area contributed by atoms with Crippen LogP contribution in [0.25, 0.3) is 33.4 Å². The van der Waals surface area contributed by atoms with Crippen LogP contribution in [-0.2, 0) is 6.61 Å². The highest BCUT2D eigenvalue weighted by molar-refractivity contribution is 6.37. The fraction of sp³-hybridized carbons (Fsp3) is 0.222. The van der Waals surface area contributed by atoms with Crippen LogP contribution in [0.1, 0.15) is 45.7 Å². The van der Waals surface area contributed by atoms with Crippen molar-refractivity contribution < 1.29 is 29.3 Å². The van der Waals surface area contributed by atoms with Gasteiger partial charge in [-0.2, -0.15) is 0 Å². The SMILES string of the molecule is Cc1c2oc3c(Cl)c(O)c(CO)cc3c(-c3cc(C(=O)NCC(C)C)ccc3C(=O)O)c-2ccc1=O. The highest BCUT2D eigenvalue weighted by Crippen LogP contribution is 2.47. The predicted molar refractivity (Wildman–Crippen MR) is 136 cm³/mol. The molecule has 0 fully saturated rings. The van der Waals surface area contributed by atoms with Gasteiger partial charge < -0.3 is 25.1 Å². The molecule has 0 aromatic heterocycles. The normalized spacial score (nSPS) is 11.4. The maximum atomic E-state index is 12.8. The second-order valence-electron chi connectivity index (χ2n) is 8.94. The summed E-state index contributed by atoms with van der Waals surface area (Å²) in [5.41, 5.74) is 1.15. The lowest BCUT2D eigenvalue weighted by Crippen LogP contribution is -2.27. The van der Waals surface area contributed by atoms with E-state index in [0.29, 0.717) is 23.1 Å². The van der Waals surface area contributed by atoms with Gasteiger partial charge in [-0.15, -0.1) is 0 Å². The third kappa shape index (κ3) is 4.29. The summed E-state index contributed by atoms with van der Waals surface area (Å²) in [6, 6.07) is 8.54. The average molecular weight is 510 g/mol. The van der Waals surface area contributed by atoms with Crippen molar-refractivity contribution >= 4 is 34.4 Å². The summed E-state index contributed by atoms with van der Waals surface area (Å²) in [5, 5.41) is 33.2. The van der Waals surface area contributed by atoms with Gasteiger partial charge >= 0.3 is 5.97 Å². The number of halogens is 1. The molecule has 2 aromatic rings. The number of carboxylic acids is 1. The number of rotatable bonds is 6. The Kier molecular flexibility index (Phi) is 6.75. The Morgan fingerprint density at radius 2 is 1.83 bits per heavy atom. The highest BCUT2D eigenvalue weighted by Gasteiger charge is 2.27. The molecule has 1 aliphatic carbocycles. The van der Waals surface area contributed by atoms with E-state index < -0.39 is 18.3 Å². The van der Waals surface area contributed by atoms with Crippen LogP contribution in [0, 0.1) is 12.8 Å². The quantitative estimate of drug-likeness (QED) is 0.274. The van der Waals surface area contributed by atoms with Gasteiger partial charge in [0, 0.05) is 39.7 Å². The molecule has 9 heteroatoms. The van der Waals surface area contributed by atoms with Gasteiger partial charge in [-0.1, -0.05) is 25.4 Å². The number of aromatic hydroxyl groups is 1. The van der Waals surface area contributed by atoms with E-state index in [1.165, 1.54) is 36.4 Å². The van der Waals surface area contributed by atoms with Crippen LogP contribution >= 0.6 is 11.6 Å². The highest BCUT2D eigenvalue weighted by atomic mass is 35.5. The number of hydrogen-bond acceptors (Lipinski definition) is 6. The molecule has 4 N–H and O–H groups in total. The first-order valence-corrected chi connectivity index (χ1v) is 11.6. The maximum absolute atomic E-state index is 12.8. The summed E-state index contributed by atoms with van der Waals surface area (Å²) >= 11 is 6.40. The fourth-order valence-corrected chi connectivity index (χ4v) is 4.36. The number of carbonyl (C=O) groups excluding carboxylic acids is 1. The number of amides is 1. The zero-order valence-electron chi connectivity index (χ0n) is 19.8. The van der Waals surface area contributed by atoms with E-state index in [-0.39, 0.29) is 61.4 Å². The minimum absolute atomic E-state index is 0.00793. The number of nitrogens with one attached hydrogen (secondary N) is 1. The number of aromatic carboxylic acids is 1. The van der Waals surface area contributed by atoms with Gasteiger partial charge in [0.1, 0.15) is 16.5 Å². The first kappa shape index (κ1) is 25.2. The first-order valence-electron chi connectivity index (χ1n) is 11.2. The Morgan fingerprint density at radius 3 is 2.47 bits per heavy atom. The van der Waals surface area contributed by atoms with Gasteiger partial charge in [0.2, 0.25) is 0 Å². The molecule has 8 nitrogen and oxygen atoms in total. The standard InChI is InChI=1S/C27H24ClNO7/c1-12(2)10-29-26(33)14-4-5-16(27(34)35)18(8-14)21-17-6-7-20(31)13(3)24(17)36-25-19(21)9-15(11-30)23(32)22(25)28/h4-9,12,30,32H,10-11H2,1-3H3,(H,29,33)(H,34,35). The third-order valence-corrected chi connectivity index (χ3v) is 6.35. The monoisotopic (exact) mass is 509 g/mol. The summed E-state index contributed by atoms with van der Waals surface area (Å²) in [7, 11) is 0. The van der Waals surface area contributed by atoms with Gasteiger partial charge in [-0.05, 0) is 54.8 Å². The minimum Gasteiger partial charge on any atom is -0.506 e. The Hall–Kier alpha value is -3.88. The van der Waals surface area contributed by atoms with Crippen LogP contribution in [0.15, 0.2) is 45.6 Å². The lowest BCUT2D eigenvalue weighted by molar-refractivity contribution is 0.0697. The van der Waals surface area contributed by atoms with Crippen molar-refractivity contribution in [3.05, 3.63) is 73.9 Å². The molecular formula is C27H24ClNO7. The Morgan fingerprint density at radius 1 is 1.11 bits per heavy atom. The van der Waals surface area contributed by atoms with Crippen LogP contribution in [0.4, 0.5) is 0 Å². The zero-order chi connectivity index (χ0) is 26.3. The third-order valence-electron chi connectivity index (χ3n) is 6.00. The Balaban J connectivity index is 2.15. The van der Waals surface area contributed by atoms with E-state index >= 15 is 0 Å². The summed E-state index contributed by atoms with van der Waals surface area (Å²) in [5.74, 6) is -1.62. The van der Waals surface area contributed by atoms with E-state index in [2.05, 4.69) is 5.32 Å². The van der Waals surface area contributed by atoms with E-state index in [1.54, 1.807) is 6.92 Å². The van der Waals surface area contributed by atoms with Crippen molar-refractivity contribution in [1.29, 1.82) is 0 Å². The maximum Gasteiger partial charge on any atom is 0.336 e. The summed E-state index contributed by atoms with van der Waals surface area (Å²) in [4.78, 5) is 37.5. The Labute approximate surface area is 211 Å².